The van der Waals surface area contributed by atoms with Gasteiger partial charge in [0, 0.05) is 11.6 Å². The van der Waals surface area contributed by atoms with Crippen LogP contribution in [0.4, 0.5) is 0 Å². The van der Waals surface area contributed by atoms with Gasteiger partial charge in [-0.05, 0) is 25.1 Å². The summed E-state index contributed by atoms with van der Waals surface area (Å²) in [5.41, 5.74) is 1.71. The summed E-state index contributed by atoms with van der Waals surface area (Å²) in [5, 5.41) is 0. The van der Waals surface area contributed by atoms with Crippen LogP contribution in [0.2, 0.25) is 0 Å². The summed E-state index contributed by atoms with van der Waals surface area (Å²) < 4.78 is 25.9. The Labute approximate surface area is 128 Å². The number of nitrogens with zero attached hydrogens (tertiary/aromatic N) is 1. The third-order valence-corrected chi connectivity index (χ3v) is 4.65. The van der Waals surface area contributed by atoms with Crippen molar-refractivity contribution in [3.8, 4) is 11.3 Å². The topological polar surface area (TPSA) is 68.2 Å². The summed E-state index contributed by atoms with van der Waals surface area (Å²) in [6.45, 7) is 1.87. The summed E-state index contributed by atoms with van der Waals surface area (Å²) in [7, 11) is -3.82. The zero-order valence-corrected chi connectivity index (χ0v) is 12.7. The Morgan fingerprint density at radius 3 is 2.36 bits per heavy atom. The molecule has 0 unspecified atom stereocenters. The van der Waals surface area contributed by atoms with E-state index in [4.69, 9.17) is 0 Å². The number of aromatic nitrogens is 1. The highest BCUT2D eigenvalue weighted by Gasteiger charge is 2.18. The van der Waals surface area contributed by atoms with Crippen LogP contribution in [0.3, 0.4) is 0 Å². The second kappa shape index (κ2) is 5.31. The van der Waals surface area contributed by atoms with E-state index >= 15 is 0 Å². The molecular weight excluding hydrogens is 300 g/mol. The first kappa shape index (κ1) is 14.3. The molecule has 1 heterocycles. The van der Waals surface area contributed by atoms with Crippen LogP contribution < -0.4 is 10.4 Å². The summed E-state index contributed by atoms with van der Waals surface area (Å²) >= 11 is 0. The van der Waals surface area contributed by atoms with Gasteiger partial charge in [0.05, 0.1) is 10.6 Å². The van der Waals surface area contributed by atoms with Gasteiger partial charge in [-0.3, -0.25) is 4.79 Å². The molecule has 0 bridgehead atoms. The maximum absolute atomic E-state index is 12.4. The molecule has 1 aromatic rings. The highest BCUT2D eigenvalue weighted by atomic mass is 32.2. The highest BCUT2D eigenvalue weighted by molar-refractivity contribution is 7.92. The molecule has 5 nitrogen and oxygen atoms in total. The predicted octanol–water partition coefficient (Wildman–Crippen LogP) is 2.19. The van der Waals surface area contributed by atoms with E-state index in [1.807, 2.05) is 13.0 Å². The molecule has 1 aromatic carbocycles. The number of sulfonamides is 1. The van der Waals surface area contributed by atoms with Crippen LogP contribution in [0.5, 0.6) is 0 Å². The monoisotopic (exact) mass is 314 g/mol. The molecule has 3 rings (SSSR count). The zero-order valence-electron chi connectivity index (χ0n) is 11.9. The van der Waals surface area contributed by atoms with Crippen LogP contribution in [0, 0.1) is 6.92 Å². The molecule has 1 aliphatic heterocycles. The Balaban J connectivity index is 2.06. The first-order valence-corrected chi connectivity index (χ1v) is 8.16. The van der Waals surface area contributed by atoms with Crippen LogP contribution in [-0.4, -0.2) is 13.1 Å². The first-order chi connectivity index (χ1) is 10.5. The lowest BCUT2D eigenvalue weighted by atomic mass is 10.2. The van der Waals surface area contributed by atoms with E-state index < -0.39 is 15.6 Å². The third kappa shape index (κ3) is 2.60. The standard InChI is InChI=1S/C16H14N2O3S/c1-12-7-9-14(10-8-12)22(20,21)17-18-15-6-4-2-3-5-13(15)11-16(18)19/h2-11,17H,1H3. The molecule has 1 aliphatic carbocycles. The molecule has 0 amide bonds. The lowest BCUT2D eigenvalue weighted by Gasteiger charge is -2.10. The summed E-state index contributed by atoms with van der Waals surface area (Å²) in [6.07, 6.45) is 0. The highest BCUT2D eigenvalue weighted by Crippen LogP contribution is 2.19. The van der Waals surface area contributed by atoms with E-state index in [0.29, 0.717) is 11.3 Å². The molecular formula is C16H14N2O3S. The average molecular weight is 314 g/mol. The molecule has 0 fully saturated rings. The lowest BCUT2D eigenvalue weighted by molar-refractivity contribution is 0.595. The van der Waals surface area contributed by atoms with Gasteiger partial charge >= 0.3 is 0 Å². The minimum absolute atomic E-state index is 0.111. The smallest absolute Gasteiger partial charge is 0.267 e. The van der Waals surface area contributed by atoms with Gasteiger partial charge in [0.15, 0.2) is 0 Å². The van der Waals surface area contributed by atoms with Gasteiger partial charge in [-0.15, -0.1) is 0 Å². The van der Waals surface area contributed by atoms with Crippen molar-refractivity contribution < 1.29 is 8.42 Å². The fraction of sp³-hybridized carbons (Fsp3) is 0.0625. The maximum Gasteiger partial charge on any atom is 0.275 e. The maximum atomic E-state index is 12.4. The van der Waals surface area contributed by atoms with Crippen molar-refractivity contribution in [3.05, 3.63) is 76.6 Å². The molecule has 2 aliphatic rings. The van der Waals surface area contributed by atoms with Gasteiger partial charge in [0.1, 0.15) is 0 Å². The average Bonchev–Trinajstić information content (AvgIpc) is 2.65. The van der Waals surface area contributed by atoms with E-state index in [1.54, 1.807) is 36.4 Å². The number of benzene rings is 1. The molecule has 0 saturated heterocycles. The minimum Gasteiger partial charge on any atom is -0.267 e. The summed E-state index contributed by atoms with van der Waals surface area (Å²) in [4.78, 5) is 14.5. The fourth-order valence-corrected chi connectivity index (χ4v) is 3.21. The Morgan fingerprint density at radius 1 is 0.955 bits per heavy atom. The first-order valence-electron chi connectivity index (χ1n) is 6.68. The van der Waals surface area contributed by atoms with Crippen LogP contribution >= 0.6 is 0 Å². The Hall–Kier alpha value is -2.60. The van der Waals surface area contributed by atoms with Gasteiger partial charge in [0.25, 0.3) is 15.6 Å². The second-order valence-electron chi connectivity index (χ2n) is 4.98. The molecule has 0 aromatic heterocycles. The van der Waals surface area contributed by atoms with Crippen molar-refractivity contribution in [1.29, 1.82) is 0 Å². The molecule has 112 valence electrons. The summed E-state index contributed by atoms with van der Waals surface area (Å²) in [5.74, 6) is 0. The molecule has 0 spiro atoms. The van der Waals surface area contributed by atoms with Crippen molar-refractivity contribution >= 4 is 10.0 Å². The number of rotatable bonds is 3. The number of nitrogens with one attached hydrogen (secondary N) is 1. The van der Waals surface area contributed by atoms with E-state index in [0.717, 1.165) is 10.2 Å². The quantitative estimate of drug-likeness (QED) is 0.806. The zero-order chi connectivity index (χ0) is 15.7. The number of aryl methyl sites for hydroxylation is 1. The number of hydrogen-bond donors (Lipinski definition) is 1. The van der Waals surface area contributed by atoms with Gasteiger partial charge in [-0.1, -0.05) is 42.0 Å². The van der Waals surface area contributed by atoms with Crippen LogP contribution in [0.15, 0.2) is 70.4 Å². The van der Waals surface area contributed by atoms with Crippen LogP contribution in [-0.2, 0) is 10.0 Å². The lowest BCUT2D eigenvalue weighted by Crippen LogP contribution is -2.30. The largest absolute Gasteiger partial charge is 0.275 e. The van der Waals surface area contributed by atoms with Gasteiger partial charge in [0.2, 0.25) is 0 Å². The van der Waals surface area contributed by atoms with E-state index in [9.17, 15) is 13.2 Å². The Kier molecular flexibility index (Phi) is 3.46. The predicted molar refractivity (Wildman–Crippen MR) is 85.0 cm³/mol. The van der Waals surface area contributed by atoms with Gasteiger partial charge in [-0.2, -0.15) is 8.42 Å². The minimum atomic E-state index is -3.82. The fourth-order valence-electron chi connectivity index (χ4n) is 2.18. The Bertz CT molecular complexity index is 944. The normalized spacial score (nSPS) is 11.5. The Morgan fingerprint density at radius 2 is 1.64 bits per heavy atom. The van der Waals surface area contributed by atoms with Crippen LogP contribution in [0.25, 0.3) is 11.3 Å². The van der Waals surface area contributed by atoms with E-state index in [-0.39, 0.29) is 4.90 Å². The van der Waals surface area contributed by atoms with Crippen molar-refractivity contribution in [2.24, 2.45) is 0 Å². The van der Waals surface area contributed by atoms with Gasteiger partial charge in [-0.25, -0.2) is 9.51 Å². The van der Waals surface area contributed by atoms with Gasteiger partial charge < -0.3 is 0 Å². The van der Waals surface area contributed by atoms with E-state index in [1.165, 1.54) is 18.2 Å². The number of fused-ring (bicyclic) bond motifs is 1. The van der Waals surface area contributed by atoms with Crippen LogP contribution in [0.1, 0.15) is 5.56 Å². The summed E-state index contributed by atoms with van der Waals surface area (Å²) in [6, 6.07) is 16.6. The molecule has 1 N–H and O–H groups in total. The molecule has 0 saturated carbocycles. The van der Waals surface area contributed by atoms with Crippen molar-refractivity contribution in [2.75, 3.05) is 4.83 Å². The van der Waals surface area contributed by atoms with Crippen molar-refractivity contribution in [3.63, 3.8) is 0 Å². The second-order valence-corrected chi connectivity index (χ2v) is 6.64. The SMILES string of the molecule is Cc1ccc(S(=O)(=O)Nn2c3cccccc-3cc2=O)cc1. The molecule has 0 atom stereocenters. The van der Waals surface area contributed by atoms with Crippen molar-refractivity contribution in [1.82, 2.24) is 4.68 Å². The molecule has 0 radical (unpaired) electrons. The third-order valence-electron chi connectivity index (χ3n) is 3.33. The number of hydrogen-bond acceptors (Lipinski definition) is 3. The van der Waals surface area contributed by atoms with E-state index in [2.05, 4.69) is 4.83 Å². The molecule has 22 heavy (non-hydrogen) atoms. The van der Waals surface area contributed by atoms with Crippen molar-refractivity contribution in [2.45, 2.75) is 11.8 Å². The molecule has 6 heteroatoms.